The summed E-state index contributed by atoms with van der Waals surface area (Å²) in [7, 11) is 0. The van der Waals surface area contributed by atoms with Crippen molar-refractivity contribution in [1.82, 2.24) is 0 Å². The van der Waals surface area contributed by atoms with Gasteiger partial charge in [0.05, 0.1) is 12.7 Å². The molecule has 1 aromatic carbocycles. The van der Waals surface area contributed by atoms with Crippen LogP contribution in [0.3, 0.4) is 0 Å². The highest BCUT2D eigenvalue weighted by Gasteiger charge is 2.52. The van der Waals surface area contributed by atoms with Crippen LogP contribution in [0.25, 0.3) is 0 Å². The molecule has 3 rings (SSSR count). The molecule has 1 aromatic rings. The second-order valence-corrected chi connectivity index (χ2v) is 5.50. The van der Waals surface area contributed by atoms with E-state index in [2.05, 4.69) is 24.3 Å². The monoisotopic (exact) mass is 217 g/mol. The van der Waals surface area contributed by atoms with Crippen molar-refractivity contribution in [3.63, 3.8) is 0 Å². The number of rotatable bonds is 3. The van der Waals surface area contributed by atoms with Crippen LogP contribution >= 0.6 is 0 Å². The Morgan fingerprint density at radius 1 is 1.12 bits per heavy atom. The molecule has 0 unspecified atom stereocenters. The molecular formula is C14H19NO. The Labute approximate surface area is 96.8 Å². The third kappa shape index (κ3) is 1.87. The quantitative estimate of drug-likeness (QED) is 0.844. The highest BCUT2D eigenvalue weighted by atomic mass is 16.5. The minimum Gasteiger partial charge on any atom is -0.374 e. The van der Waals surface area contributed by atoms with Crippen LogP contribution in [0.15, 0.2) is 30.3 Å². The van der Waals surface area contributed by atoms with Gasteiger partial charge in [-0.3, -0.25) is 0 Å². The van der Waals surface area contributed by atoms with Crippen molar-refractivity contribution in [3.05, 3.63) is 35.9 Å². The smallest absolute Gasteiger partial charge is 0.0720 e. The van der Waals surface area contributed by atoms with Crippen molar-refractivity contribution in [3.8, 4) is 0 Å². The third-order valence-corrected chi connectivity index (χ3v) is 4.04. The zero-order valence-electron chi connectivity index (χ0n) is 9.56. The topological polar surface area (TPSA) is 35.2 Å². The van der Waals surface area contributed by atoms with Crippen LogP contribution in [-0.2, 0) is 11.3 Å². The van der Waals surface area contributed by atoms with E-state index in [1.807, 2.05) is 6.07 Å². The lowest BCUT2D eigenvalue weighted by atomic mass is 9.53. The molecule has 0 bridgehead atoms. The summed E-state index contributed by atoms with van der Waals surface area (Å²) in [6.07, 6.45) is 5.38. The first-order valence-electron chi connectivity index (χ1n) is 6.17. The molecule has 2 aliphatic carbocycles. The van der Waals surface area contributed by atoms with E-state index in [-0.39, 0.29) is 0 Å². The largest absolute Gasteiger partial charge is 0.374 e. The SMILES string of the molecule is NC1CC2(C1)CC(OCc1ccccc1)C2. The Morgan fingerprint density at radius 3 is 2.44 bits per heavy atom. The van der Waals surface area contributed by atoms with Gasteiger partial charge in [0.1, 0.15) is 0 Å². The minimum atomic E-state index is 0.468. The molecule has 0 atom stereocenters. The summed E-state index contributed by atoms with van der Waals surface area (Å²) in [5.74, 6) is 0. The van der Waals surface area contributed by atoms with Gasteiger partial charge < -0.3 is 10.5 Å². The second kappa shape index (κ2) is 3.86. The Kier molecular flexibility index (Phi) is 2.49. The molecule has 0 saturated heterocycles. The average Bonchev–Trinajstić information content (AvgIpc) is 2.21. The zero-order valence-corrected chi connectivity index (χ0v) is 9.56. The molecule has 0 amide bonds. The van der Waals surface area contributed by atoms with Crippen LogP contribution in [0.4, 0.5) is 0 Å². The van der Waals surface area contributed by atoms with Crippen molar-refractivity contribution >= 4 is 0 Å². The highest BCUT2D eigenvalue weighted by molar-refractivity contribution is 5.13. The second-order valence-electron chi connectivity index (χ2n) is 5.50. The first-order chi connectivity index (χ1) is 7.76. The van der Waals surface area contributed by atoms with Gasteiger partial charge in [0, 0.05) is 6.04 Å². The van der Waals surface area contributed by atoms with Crippen molar-refractivity contribution < 1.29 is 4.74 Å². The lowest BCUT2D eigenvalue weighted by molar-refractivity contribution is -0.129. The molecule has 2 heteroatoms. The first kappa shape index (κ1) is 10.3. The number of ether oxygens (including phenoxy) is 1. The van der Waals surface area contributed by atoms with E-state index in [4.69, 9.17) is 10.5 Å². The van der Waals surface area contributed by atoms with E-state index in [0.717, 1.165) is 6.61 Å². The molecule has 2 aliphatic rings. The fraction of sp³-hybridized carbons (Fsp3) is 0.571. The van der Waals surface area contributed by atoms with Gasteiger partial charge in [-0.25, -0.2) is 0 Å². The van der Waals surface area contributed by atoms with E-state index >= 15 is 0 Å². The average molecular weight is 217 g/mol. The first-order valence-corrected chi connectivity index (χ1v) is 6.17. The van der Waals surface area contributed by atoms with E-state index in [0.29, 0.717) is 17.6 Å². The van der Waals surface area contributed by atoms with Gasteiger partial charge in [-0.1, -0.05) is 30.3 Å². The van der Waals surface area contributed by atoms with E-state index < -0.39 is 0 Å². The van der Waals surface area contributed by atoms with Gasteiger partial charge in [0.25, 0.3) is 0 Å². The predicted octanol–water partition coefficient (Wildman–Crippen LogP) is 2.47. The Balaban J connectivity index is 1.42. The summed E-state index contributed by atoms with van der Waals surface area (Å²) in [5, 5.41) is 0. The van der Waals surface area contributed by atoms with Crippen LogP contribution in [-0.4, -0.2) is 12.1 Å². The number of hydrogen-bond acceptors (Lipinski definition) is 2. The molecular weight excluding hydrogens is 198 g/mol. The highest BCUT2D eigenvalue weighted by Crippen LogP contribution is 2.56. The zero-order chi connectivity index (χ0) is 11.0. The molecule has 1 spiro atoms. The standard InChI is InChI=1S/C14H19NO/c15-12-6-14(7-12)8-13(9-14)16-10-11-4-2-1-3-5-11/h1-5,12-13H,6-10,15H2. The molecule has 0 radical (unpaired) electrons. The summed E-state index contributed by atoms with van der Waals surface area (Å²) in [4.78, 5) is 0. The summed E-state index contributed by atoms with van der Waals surface area (Å²) in [6.45, 7) is 0.758. The molecule has 2 nitrogen and oxygen atoms in total. The fourth-order valence-electron chi connectivity index (χ4n) is 3.20. The normalized spacial score (nSPS) is 36.8. The molecule has 2 fully saturated rings. The van der Waals surface area contributed by atoms with Gasteiger partial charge in [-0.05, 0) is 36.7 Å². The molecule has 2 N–H and O–H groups in total. The number of benzene rings is 1. The summed E-state index contributed by atoms with van der Waals surface area (Å²) < 4.78 is 5.89. The van der Waals surface area contributed by atoms with Gasteiger partial charge in [-0.15, -0.1) is 0 Å². The maximum Gasteiger partial charge on any atom is 0.0720 e. The van der Waals surface area contributed by atoms with E-state index in [1.54, 1.807) is 0 Å². The Morgan fingerprint density at radius 2 is 1.81 bits per heavy atom. The van der Waals surface area contributed by atoms with Crippen LogP contribution in [0.5, 0.6) is 0 Å². The van der Waals surface area contributed by atoms with Crippen LogP contribution in [0, 0.1) is 5.41 Å². The number of nitrogens with two attached hydrogens (primary N) is 1. The van der Waals surface area contributed by atoms with Crippen LogP contribution < -0.4 is 5.73 Å². The lowest BCUT2D eigenvalue weighted by Crippen LogP contribution is -2.55. The summed E-state index contributed by atoms with van der Waals surface area (Å²) in [6, 6.07) is 10.9. The Hall–Kier alpha value is -0.860. The van der Waals surface area contributed by atoms with Crippen molar-refractivity contribution in [2.24, 2.45) is 11.1 Å². The maximum absolute atomic E-state index is 5.89. The van der Waals surface area contributed by atoms with Crippen LogP contribution in [0.1, 0.15) is 31.2 Å². The van der Waals surface area contributed by atoms with Gasteiger partial charge in [0.2, 0.25) is 0 Å². The molecule has 2 saturated carbocycles. The third-order valence-electron chi connectivity index (χ3n) is 4.04. The van der Waals surface area contributed by atoms with E-state index in [9.17, 15) is 0 Å². The van der Waals surface area contributed by atoms with Crippen molar-refractivity contribution in [2.75, 3.05) is 0 Å². The van der Waals surface area contributed by atoms with Crippen molar-refractivity contribution in [1.29, 1.82) is 0 Å². The van der Waals surface area contributed by atoms with Crippen LogP contribution in [0.2, 0.25) is 0 Å². The maximum atomic E-state index is 5.89. The van der Waals surface area contributed by atoms with Gasteiger partial charge in [0.15, 0.2) is 0 Å². The summed E-state index contributed by atoms with van der Waals surface area (Å²) >= 11 is 0. The Bertz CT molecular complexity index is 348. The minimum absolute atomic E-state index is 0.468. The van der Waals surface area contributed by atoms with E-state index in [1.165, 1.54) is 31.2 Å². The molecule has 0 heterocycles. The van der Waals surface area contributed by atoms with Crippen molar-refractivity contribution in [2.45, 2.75) is 44.4 Å². The number of hydrogen-bond donors (Lipinski definition) is 1. The predicted molar refractivity (Wildman–Crippen MR) is 63.9 cm³/mol. The van der Waals surface area contributed by atoms with Gasteiger partial charge in [-0.2, -0.15) is 0 Å². The van der Waals surface area contributed by atoms with Gasteiger partial charge >= 0.3 is 0 Å². The fourth-order valence-corrected chi connectivity index (χ4v) is 3.20. The molecule has 86 valence electrons. The molecule has 0 aliphatic heterocycles. The molecule has 16 heavy (non-hydrogen) atoms. The lowest BCUT2D eigenvalue weighted by Gasteiger charge is -2.56. The molecule has 0 aromatic heterocycles. The summed E-state index contributed by atoms with van der Waals surface area (Å²) in [5.41, 5.74) is 7.69.